The smallest absolute Gasteiger partial charge is 0.405 e. The van der Waals surface area contributed by atoms with Crippen LogP contribution in [0.25, 0.3) is 0 Å². The van der Waals surface area contributed by atoms with E-state index in [-0.39, 0.29) is 5.92 Å². The third kappa shape index (κ3) is 3.96. The molecule has 60 valence electrons. The van der Waals surface area contributed by atoms with Crippen molar-refractivity contribution in [2.45, 2.75) is 25.8 Å². The fourth-order valence-electron chi connectivity index (χ4n) is 0.390. The van der Waals surface area contributed by atoms with Gasteiger partial charge >= 0.3 is 5.43 Å². The molecule has 0 saturated carbocycles. The van der Waals surface area contributed by atoms with Gasteiger partial charge in [0.15, 0.2) is 5.56 Å². The maximum absolute atomic E-state index is 10.1. The first-order chi connectivity index (χ1) is 4.57. The van der Waals surface area contributed by atoms with Gasteiger partial charge in [-0.05, 0) is 6.42 Å². The van der Waals surface area contributed by atoms with Gasteiger partial charge in [-0.15, -0.1) is 0 Å². The number of ether oxygens (including phenoxy) is 1. The topological polar surface area (TPSA) is 26.3 Å². The second-order valence-corrected chi connectivity index (χ2v) is 2.83. The second kappa shape index (κ2) is 4.80. The molecule has 0 aromatic carbocycles. The minimum atomic E-state index is -0.847. The van der Waals surface area contributed by atoms with Gasteiger partial charge in [-0.1, -0.05) is 25.4 Å². The van der Waals surface area contributed by atoms with E-state index in [2.05, 4.69) is 4.74 Å². The van der Waals surface area contributed by atoms with Crippen molar-refractivity contribution in [3.8, 4) is 0 Å². The Labute approximate surface area is 70.4 Å². The molecule has 0 fully saturated rings. The van der Waals surface area contributed by atoms with Gasteiger partial charge < -0.3 is 4.74 Å². The zero-order valence-corrected chi connectivity index (χ0v) is 7.45. The lowest BCUT2D eigenvalue weighted by Gasteiger charge is -2.14. The molecule has 2 unspecified atom stereocenters. The summed E-state index contributed by atoms with van der Waals surface area (Å²) < 4.78 is 4.49. The summed E-state index contributed by atoms with van der Waals surface area (Å²) in [4.78, 5) is 10.1. The highest BCUT2D eigenvalue weighted by atomic mass is 35.5. The molecule has 0 aliphatic carbocycles. The van der Waals surface area contributed by atoms with Gasteiger partial charge in [0.1, 0.15) is 0 Å². The molecule has 0 aliphatic heterocycles. The molecule has 0 aromatic rings. The van der Waals surface area contributed by atoms with E-state index >= 15 is 0 Å². The van der Waals surface area contributed by atoms with Crippen molar-refractivity contribution in [3.05, 3.63) is 0 Å². The average Bonchev–Trinajstić information content (AvgIpc) is 1.85. The van der Waals surface area contributed by atoms with Crippen molar-refractivity contribution in [3.63, 3.8) is 0 Å². The number of hydrogen-bond acceptors (Lipinski definition) is 2. The summed E-state index contributed by atoms with van der Waals surface area (Å²) in [6.07, 6.45) is 0.859. The summed E-state index contributed by atoms with van der Waals surface area (Å²) in [5.74, 6) is 0.143. The van der Waals surface area contributed by atoms with Crippen molar-refractivity contribution < 1.29 is 9.53 Å². The Kier molecular flexibility index (Phi) is 4.83. The molecular formula is C6H10Cl2O2. The molecule has 10 heavy (non-hydrogen) atoms. The van der Waals surface area contributed by atoms with E-state index in [0.717, 1.165) is 6.42 Å². The third-order valence-corrected chi connectivity index (χ3v) is 1.90. The van der Waals surface area contributed by atoms with Gasteiger partial charge in [-0.25, -0.2) is 4.79 Å². The number of carbonyl (C=O) groups excluding carboxylic acids is 1. The molecule has 0 aromatic heterocycles. The van der Waals surface area contributed by atoms with E-state index in [1.165, 1.54) is 0 Å². The quantitative estimate of drug-likeness (QED) is 0.499. The van der Waals surface area contributed by atoms with E-state index in [0.29, 0.717) is 0 Å². The highest BCUT2D eigenvalue weighted by Crippen LogP contribution is 2.15. The predicted molar refractivity (Wildman–Crippen MR) is 41.4 cm³/mol. The molecule has 2 nitrogen and oxygen atoms in total. The van der Waals surface area contributed by atoms with Gasteiger partial charge in [0.2, 0.25) is 0 Å². The normalized spacial score (nSPS) is 16.0. The summed E-state index contributed by atoms with van der Waals surface area (Å²) in [7, 11) is 0. The first kappa shape index (κ1) is 10.0. The zero-order chi connectivity index (χ0) is 8.15. The van der Waals surface area contributed by atoms with Gasteiger partial charge in [-0.2, -0.15) is 0 Å². The van der Waals surface area contributed by atoms with Crippen molar-refractivity contribution in [1.82, 2.24) is 0 Å². The van der Waals surface area contributed by atoms with Crippen molar-refractivity contribution >= 4 is 28.6 Å². The molecule has 0 bridgehead atoms. The summed E-state index contributed by atoms with van der Waals surface area (Å²) in [5, 5.41) is 0. The lowest BCUT2D eigenvalue weighted by atomic mass is 10.1. The maximum atomic E-state index is 10.1. The fourth-order valence-corrected chi connectivity index (χ4v) is 0.791. The van der Waals surface area contributed by atoms with Gasteiger partial charge in [0.25, 0.3) is 0 Å². The van der Waals surface area contributed by atoms with Crippen LogP contribution in [-0.4, -0.2) is 11.0 Å². The fraction of sp³-hybridized carbons (Fsp3) is 0.833. The monoisotopic (exact) mass is 184 g/mol. The van der Waals surface area contributed by atoms with Crippen LogP contribution in [0.1, 0.15) is 20.3 Å². The molecule has 0 aliphatic rings. The highest BCUT2D eigenvalue weighted by molar-refractivity contribution is 6.61. The number of alkyl halides is 1. The van der Waals surface area contributed by atoms with Crippen LogP contribution >= 0.6 is 23.2 Å². The molecule has 0 saturated heterocycles. The van der Waals surface area contributed by atoms with Crippen LogP contribution < -0.4 is 0 Å². The molecule has 0 rings (SSSR count). The minimum absolute atomic E-state index is 0.143. The summed E-state index contributed by atoms with van der Waals surface area (Å²) >= 11 is 10.5. The van der Waals surface area contributed by atoms with Crippen LogP contribution in [0.2, 0.25) is 0 Å². The van der Waals surface area contributed by atoms with Crippen LogP contribution in [0, 0.1) is 5.92 Å². The molecule has 4 heteroatoms. The minimum Gasteiger partial charge on any atom is -0.434 e. The molecule has 0 heterocycles. The number of rotatable bonds is 3. The molecule has 0 radical (unpaired) electrons. The molecule has 2 atom stereocenters. The molecular weight excluding hydrogens is 175 g/mol. The maximum Gasteiger partial charge on any atom is 0.405 e. The van der Waals surface area contributed by atoms with Crippen LogP contribution in [0.5, 0.6) is 0 Å². The molecule has 0 spiro atoms. The highest BCUT2D eigenvalue weighted by Gasteiger charge is 2.15. The zero-order valence-electron chi connectivity index (χ0n) is 5.93. The number of halogens is 2. The average molecular weight is 185 g/mol. The Morgan fingerprint density at radius 3 is 2.50 bits per heavy atom. The standard InChI is InChI=1S/C6H10Cl2O2/c1-3-4(2)5(7)10-6(8)9/h4-5H,3H2,1-2H3. The Hall–Kier alpha value is 0.0500. The van der Waals surface area contributed by atoms with Crippen molar-refractivity contribution in [2.24, 2.45) is 5.92 Å². The summed E-state index contributed by atoms with van der Waals surface area (Å²) in [6.45, 7) is 3.85. The SMILES string of the molecule is CCC(C)C(Cl)OC(=O)Cl. The third-order valence-electron chi connectivity index (χ3n) is 1.30. The van der Waals surface area contributed by atoms with Gasteiger partial charge in [0, 0.05) is 17.5 Å². The van der Waals surface area contributed by atoms with Crippen LogP contribution in [0.3, 0.4) is 0 Å². The van der Waals surface area contributed by atoms with E-state index in [9.17, 15) is 4.79 Å². The van der Waals surface area contributed by atoms with E-state index < -0.39 is 11.0 Å². The van der Waals surface area contributed by atoms with Crippen molar-refractivity contribution in [2.75, 3.05) is 0 Å². The summed E-state index contributed by atoms with van der Waals surface area (Å²) in [5.41, 5.74) is -1.45. The lowest BCUT2D eigenvalue weighted by molar-refractivity contribution is 0.133. The first-order valence-electron chi connectivity index (χ1n) is 3.08. The number of hydrogen-bond donors (Lipinski definition) is 0. The Balaban J connectivity index is 3.61. The predicted octanol–water partition coefficient (Wildman–Crippen LogP) is 2.97. The second-order valence-electron chi connectivity index (χ2n) is 2.09. The van der Waals surface area contributed by atoms with E-state index in [4.69, 9.17) is 23.2 Å². The van der Waals surface area contributed by atoms with Gasteiger partial charge in [0.05, 0.1) is 0 Å². The van der Waals surface area contributed by atoms with E-state index in [1.807, 2.05) is 13.8 Å². The first-order valence-corrected chi connectivity index (χ1v) is 3.89. The molecule has 0 N–H and O–H groups in total. The number of carbonyl (C=O) groups is 1. The summed E-state index contributed by atoms with van der Waals surface area (Å²) in [6, 6.07) is 0. The van der Waals surface area contributed by atoms with Crippen LogP contribution in [0.15, 0.2) is 0 Å². The Morgan fingerprint density at radius 2 is 2.20 bits per heavy atom. The Morgan fingerprint density at radius 1 is 1.70 bits per heavy atom. The van der Waals surface area contributed by atoms with Crippen LogP contribution in [-0.2, 0) is 4.74 Å². The Bertz CT molecular complexity index is 116. The molecule has 0 amide bonds. The van der Waals surface area contributed by atoms with E-state index in [1.54, 1.807) is 0 Å². The van der Waals surface area contributed by atoms with Crippen molar-refractivity contribution in [1.29, 1.82) is 0 Å². The van der Waals surface area contributed by atoms with Gasteiger partial charge in [-0.3, -0.25) is 0 Å². The lowest BCUT2D eigenvalue weighted by Crippen LogP contribution is -2.15. The largest absolute Gasteiger partial charge is 0.434 e. The van der Waals surface area contributed by atoms with Crippen LogP contribution in [0.4, 0.5) is 4.79 Å².